The van der Waals surface area contributed by atoms with Crippen LogP contribution in [0.15, 0.2) is 30.3 Å². The van der Waals surface area contributed by atoms with Gasteiger partial charge in [-0.1, -0.05) is 37.3 Å². The van der Waals surface area contributed by atoms with E-state index < -0.39 is 0 Å². The van der Waals surface area contributed by atoms with Crippen molar-refractivity contribution in [2.75, 3.05) is 26.7 Å². The van der Waals surface area contributed by atoms with Crippen LogP contribution in [0.2, 0.25) is 0 Å². The molecular weight excluding hydrogens is 264 g/mol. The number of carbonyl (C=O) groups excluding carboxylic acids is 2. The van der Waals surface area contributed by atoms with Gasteiger partial charge in [0.15, 0.2) is 5.78 Å². The topological polar surface area (TPSA) is 49.4 Å². The zero-order valence-electron chi connectivity index (χ0n) is 12.8. The molecule has 1 saturated heterocycles. The van der Waals surface area contributed by atoms with E-state index >= 15 is 0 Å². The van der Waals surface area contributed by atoms with Crippen LogP contribution in [0.1, 0.15) is 30.1 Å². The van der Waals surface area contributed by atoms with Crippen molar-refractivity contribution in [2.24, 2.45) is 11.8 Å². The van der Waals surface area contributed by atoms with Gasteiger partial charge in [0.05, 0.1) is 0 Å². The van der Waals surface area contributed by atoms with Gasteiger partial charge in [0.1, 0.15) is 0 Å². The molecule has 0 aliphatic carbocycles. The molecule has 21 heavy (non-hydrogen) atoms. The molecular formula is C17H24N2O2. The molecule has 4 nitrogen and oxygen atoms in total. The molecule has 0 bridgehead atoms. The Morgan fingerprint density at radius 1 is 1.24 bits per heavy atom. The average Bonchev–Trinajstić information content (AvgIpc) is 2.54. The number of carbonyl (C=O) groups is 2. The number of rotatable bonds is 5. The Hall–Kier alpha value is -1.68. The second-order valence-electron chi connectivity index (χ2n) is 5.79. The molecule has 1 heterocycles. The van der Waals surface area contributed by atoms with Gasteiger partial charge in [0.25, 0.3) is 0 Å². The predicted molar refractivity (Wildman–Crippen MR) is 83.2 cm³/mol. The van der Waals surface area contributed by atoms with E-state index in [-0.39, 0.29) is 23.5 Å². The van der Waals surface area contributed by atoms with Crippen LogP contribution >= 0.6 is 0 Å². The molecule has 1 atom stereocenters. The lowest BCUT2D eigenvalue weighted by atomic mass is 9.88. The van der Waals surface area contributed by atoms with Crippen molar-refractivity contribution >= 4 is 11.7 Å². The Kier molecular flexibility index (Phi) is 5.51. The molecule has 4 heteroatoms. The normalized spacial score (nSPS) is 17.5. The number of piperidine rings is 1. The quantitative estimate of drug-likeness (QED) is 0.843. The number of ketones is 1. The highest BCUT2D eigenvalue weighted by Gasteiger charge is 2.29. The molecule has 2 rings (SSSR count). The monoisotopic (exact) mass is 288 g/mol. The number of hydrogen-bond acceptors (Lipinski definition) is 3. The van der Waals surface area contributed by atoms with Gasteiger partial charge in [-0.2, -0.15) is 0 Å². The van der Waals surface area contributed by atoms with Crippen LogP contribution in [0.5, 0.6) is 0 Å². The van der Waals surface area contributed by atoms with Gasteiger partial charge >= 0.3 is 0 Å². The van der Waals surface area contributed by atoms with E-state index in [9.17, 15) is 9.59 Å². The third-order valence-electron chi connectivity index (χ3n) is 4.17. The Morgan fingerprint density at radius 3 is 2.43 bits per heavy atom. The molecule has 1 unspecified atom stereocenters. The second-order valence-corrected chi connectivity index (χ2v) is 5.79. The molecule has 1 aromatic rings. The molecule has 1 fully saturated rings. The van der Waals surface area contributed by atoms with E-state index in [2.05, 4.69) is 5.32 Å². The Balaban J connectivity index is 1.89. The van der Waals surface area contributed by atoms with Crippen molar-refractivity contribution in [1.29, 1.82) is 0 Å². The van der Waals surface area contributed by atoms with E-state index in [4.69, 9.17) is 0 Å². The molecule has 1 N–H and O–H groups in total. The molecule has 1 aliphatic heterocycles. The summed E-state index contributed by atoms with van der Waals surface area (Å²) in [6, 6.07) is 9.45. The lowest BCUT2D eigenvalue weighted by Crippen LogP contribution is -2.44. The summed E-state index contributed by atoms with van der Waals surface area (Å²) in [7, 11) is 1.86. The molecule has 0 aromatic heterocycles. The summed E-state index contributed by atoms with van der Waals surface area (Å²) in [5.74, 6) is 0.452. The number of hydrogen-bond donors (Lipinski definition) is 1. The molecule has 0 radical (unpaired) electrons. The number of nitrogens with one attached hydrogen (secondary N) is 1. The van der Waals surface area contributed by atoms with Gasteiger partial charge in [0, 0.05) is 37.0 Å². The van der Waals surface area contributed by atoms with E-state index in [1.165, 1.54) is 0 Å². The molecule has 114 valence electrons. The minimum absolute atomic E-state index is 0.00336. The Labute approximate surface area is 126 Å². The third kappa shape index (κ3) is 3.91. The maximum absolute atomic E-state index is 12.4. The number of Topliss-reactive ketones (excluding diaryl/α,β-unsaturated/α-hetero) is 1. The molecule has 1 amide bonds. The predicted octanol–water partition coefficient (Wildman–Crippen LogP) is 1.96. The van der Waals surface area contributed by atoms with Crippen molar-refractivity contribution in [3.63, 3.8) is 0 Å². The summed E-state index contributed by atoms with van der Waals surface area (Å²) in [5, 5.41) is 3.03. The molecule has 0 spiro atoms. The van der Waals surface area contributed by atoms with E-state index in [0.717, 1.165) is 18.4 Å². The van der Waals surface area contributed by atoms with E-state index in [1.54, 1.807) is 0 Å². The van der Waals surface area contributed by atoms with Crippen LogP contribution in [0.25, 0.3) is 0 Å². The lowest BCUT2D eigenvalue weighted by molar-refractivity contribution is -0.136. The Bertz CT molecular complexity index is 479. The average molecular weight is 288 g/mol. The van der Waals surface area contributed by atoms with Crippen LogP contribution < -0.4 is 5.32 Å². The van der Waals surface area contributed by atoms with Crippen LogP contribution in [0.4, 0.5) is 0 Å². The molecule has 1 aliphatic rings. The van der Waals surface area contributed by atoms with Crippen molar-refractivity contribution in [3.05, 3.63) is 35.9 Å². The van der Waals surface area contributed by atoms with Crippen LogP contribution in [-0.2, 0) is 4.79 Å². The van der Waals surface area contributed by atoms with Gasteiger partial charge in [-0.15, -0.1) is 0 Å². The third-order valence-corrected chi connectivity index (χ3v) is 4.17. The maximum Gasteiger partial charge on any atom is 0.226 e. The summed E-state index contributed by atoms with van der Waals surface area (Å²) in [5.41, 5.74) is 0.783. The van der Waals surface area contributed by atoms with Crippen LogP contribution in [0, 0.1) is 11.8 Å². The van der Waals surface area contributed by atoms with Gasteiger partial charge in [-0.3, -0.25) is 9.59 Å². The minimum Gasteiger partial charge on any atom is -0.342 e. The fourth-order valence-corrected chi connectivity index (χ4v) is 2.91. The highest BCUT2D eigenvalue weighted by Crippen LogP contribution is 2.22. The summed E-state index contributed by atoms with van der Waals surface area (Å²) < 4.78 is 0. The second kappa shape index (κ2) is 7.36. The van der Waals surface area contributed by atoms with Gasteiger partial charge in [0.2, 0.25) is 5.91 Å². The lowest BCUT2D eigenvalue weighted by Gasteiger charge is -2.33. The van der Waals surface area contributed by atoms with Crippen LogP contribution in [-0.4, -0.2) is 43.3 Å². The first-order chi connectivity index (χ1) is 10.1. The van der Waals surface area contributed by atoms with Crippen molar-refractivity contribution < 1.29 is 9.59 Å². The Morgan fingerprint density at radius 2 is 1.86 bits per heavy atom. The fourth-order valence-electron chi connectivity index (χ4n) is 2.91. The van der Waals surface area contributed by atoms with Crippen LogP contribution in [0.3, 0.4) is 0 Å². The van der Waals surface area contributed by atoms with Gasteiger partial charge in [-0.25, -0.2) is 0 Å². The summed E-state index contributed by atoms with van der Waals surface area (Å²) >= 11 is 0. The minimum atomic E-state index is -0.00336. The van der Waals surface area contributed by atoms with Crippen molar-refractivity contribution in [2.45, 2.75) is 19.8 Å². The van der Waals surface area contributed by atoms with Gasteiger partial charge in [-0.05, 0) is 19.9 Å². The zero-order valence-corrected chi connectivity index (χ0v) is 12.8. The SMILES string of the molecule is CNCC(C)C(=O)N1CCC(C(=O)c2ccccc2)CC1. The number of likely N-dealkylation sites (tertiary alicyclic amines) is 1. The summed E-state index contributed by atoms with van der Waals surface area (Å²) in [4.78, 5) is 26.5. The van der Waals surface area contributed by atoms with Crippen molar-refractivity contribution in [1.82, 2.24) is 10.2 Å². The van der Waals surface area contributed by atoms with Gasteiger partial charge < -0.3 is 10.2 Å². The first kappa shape index (κ1) is 15.7. The van der Waals surface area contributed by atoms with E-state index in [1.807, 2.05) is 49.2 Å². The highest BCUT2D eigenvalue weighted by molar-refractivity contribution is 5.98. The standard InChI is InChI=1S/C17H24N2O2/c1-13(12-18-2)17(21)19-10-8-15(9-11-19)16(20)14-6-4-3-5-7-14/h3-7,13,15,18H,8-12H2,1-2H3. The zero-order chi connectivity index (χ0) is 15.2. The first-order valence-electron chi connectivity index (χ1n) is 7.66. The van der Waals surface area contributed by atoms with Crippen molar-refractivity contribution in [3.8, 4) is 0 Å². The highest BCUT2D eigenvalue weighted by atomic mass is 16.2. The number of amides is 1. The number of nitrogens with zero attached hydrogens (tertiary/aromatic N) is 1. The maximum atomic E-state index is 12.4. The largest absolute Gasteiger partial charge is 0.342 e. The van der Waals surface area contributed by atoms with E-state index in [0.29, 0.717) is 19.6 Å². The fraction of sp³-hybridized carbons (Fsp3) is 0.529. The smallest absolute Gasteiger partial charge is 0.226 e. The molecule has 1 aromatic carbocycles. The summed E-state index contributed by atoms with van der Waals surface area (Å²) in [6.45, 7) is 4.02. The number of benzene rings is 1. The first-order valence-corrected chi connectivity index (χ1v) is 7.66. The summed E-state index contributed by atoms with van der Waals surface area (Å²) in [6.07, 6.45) is 1.54. The molecule has 0 saturated carbocycles.